The van der Waals surface area contributed by atoms with Gasteiger partial charge in [0.05, 0.1) is 6.10 Å². The molecule has 0 saturated carbocycles. The van der Waals surface area contributed by atoms with Gasteiger partial charge in [0.2, 0.25) is 0 Å². The van der Waals surface area contributed by atoms with Gasteiger partial charge in [-0.05, 0) is 44.0 Å². The lowest BCUT2D eigenvalue weighted by molar-refractivity contribution is 0.243. The molecule has 0 aliphatic rings. The fourth-order valence-corrected chi connectivity index (χ4v) is 2.51. The summed E-state index contributed by atoms with van der Waals surface area (Å²) >= 11 is 0. The van der Waals surface area contributed by atoms with Gasteiger partial charge in [0.25, 0.3) is 0 Å². The molecule has 2 heteroatoms. The predicted octanol–water partition coefficient (Wildman–Crippen LogP) is 4.86. The van der Waals surface area contributed by atoms with E-state index in [1.54, 1.807) is 0 Å². The van der Waals surface area contributed by atoms with E-state index in [0.717, 1.165) is 18.2 Å². The van der Waals surface area contributed by atoms with Crippen molar-refractivity contribution in [2.45, 2.75) is 53.2 Å². The minimum Gasteiger partial charge on any atom is -0.491 e. The lowest BCUT2D eigenvalue weighted by atomic mass is 10.0. The maximum Gasteiger partial charge on any atom is 0.120 e. The maximum absolute atomic E-state index is 5.75. The summed E-state index contributed by atoms with van der Waals surface area (Å²) in [6.07, 6.45) is 4.90. The Kier molecular flexibility index (Phi) is 4.52. The number of fused-ring (bicyclic) bond motifs is 1. The number of ether oxygens (including phenoxy) is 1. The third kappa shape index (κ3) is 3.31. The molecule has 1 aromatic heterocycles. The van der Waals surface area contributed by atoms with Crippen molar-refractivity contribution >= 4 is 10.9 Å². The molecule has 0 bridgehead atoms. The second kappa shape index (κ2) is 6.14. The Labute approximate surface area is 116 Å². The third-order valence-corrected chi connectivity index (χ3v) is 3.72. The molecule has 0 saturated heterocycles. The van der Waals surface area contributed by atoms with Crippen LogP contribution in [-0.2, 0) is 6.54 Å². The number of aromatic nitrogens is 1. The summed E-state index contributed by atoms with van der Waals surface area (Å²) in [5.74, 6) is 1.73. The van der Waals surface area contributed by atoms with Crippen molar-refractivity contribution in [3.63, 3.8) is 0 Å². The predicted molar refractivity (Wildman–Crippen MR) is 81.8 cm³/mol. The molecule has 0 aliphatic heterocycles. The monoisotopic (exact) mass is 259 g/mol. The van der Waals surface area contributed by atoms with Gasteiger partial charge in [0.1, 0.15) is 5.75 Å². The summed E-state index contributed by atoms with van der Waals surface area (Å²) < 4.78 is 8.11. The van der Waals surface area contributed by atoms with E-state index in [1.807, 2.05) is 0 Å². The van der Waals surface area contributed by atoms with Crippen molar-refractivity contribution in [2.24, 2.45) is 5.92 Å². The second-order valence-electron chi connectivity index (χ2n) is 5.54. The third-order valence-electron chi connectivity index (χ3n) is 3.72. The molecule has 0 amide bonds. The molecular formula is C17H25NO. The standard InChI is InChI=1S/C17H25NO/c1-5-14(6-2)12-18-10-9-15-11-16(19-13(3)4)7-8-17(15)18/h7-11,13-14H,5-6,12H2,1-4H3. The van der Waals surface area contributed by atoms with Crippen LogP contribution in [0.5, 0.6) is 5.75 Å². The average Bonchev–Trinajstić information content (AvgIpc) is 2.77. The van der Waals surface area contributed by atoms with Crippen LogP contribution < -0.4 is 4.74 Å². The first kappa shape index (κ1) is 14.0. The number of hydrogen-bond donors (Lipinski definition) is 0. The van der Waals surface area contributed by atoms with Crippen LogP contribution in [0.1, 0.15) is 40.5 Å². The van der Waals surface area contributed by atoms with Crippen molar-refractivity contribution in [3.8, 4) is 5.75 Å². The Morgan fingerprint density at radius 3 is 2.47 bits per heavy atom. The van der Waals surface area contributed by atoms with Crippen LogP contribution in [0.25, 0.3) is 10.9 Å². The van der Waals surface area contributed by atoms with E-state index in [2.05, 4.69) is 62.7 Å². The van der Waals surface area contributed by atoms with Crippen LogP contribution in [-0.4, -0.2) is 10.7 Å². The molecule has 104 valence electrons. The maximum atomic E-state index is 5.75. The van der Waals surface area contributed by atoms with Crippen LogP contribution in [0.2, 0.25) is 0 Å². The van der Waals surface area contributed by atoms with Gasteiger partial charge in [0, 0.05) is 23.6 Å². The van der Waals surface area contributed by atoms with Gasteiger partial charge in [-0.1, -0.05) is 26.7 Å². The fourth-order valence-electron chi connectivity index (χ4n) is 2.51. The zero-order valence-electron chi connectivity index (χ0n) is 12.5. The smallest absolute Gasteiger partial charge is 0.120 e. The van der Waals surface area contributed by atoms with Crippen LogP contribution in [0.4, 0.5) is 0 Å². The Balaban J connectivity index is 2.24. The molecule has 2 nitrogen and oxygen atoms in total. The number of rotatable bonds is 6. The Morgan fingerprint density at radius 2 is 1.84 bits per heavy atom. The number of hydrogen-bond acceptors (Lipinski definition) is 1. The highest BCUT2D eigenvalue weighted by Crippen LogP contribution is 2.24. The molecule has 1 aromatic carbocycles. The lowest BCUT2D eigenvalue weighted by Gasteiger charge is -2.15. The van der Waals surface area contributed by atoms with Crippen molar-refractivity contribution < 1.29 is 4.74 Å². The lowest BCUT2D eigenvalue weighted by Crippen LogP contribution is -2.08. The summed E-state index contributed by atoms with van der Waals surface area (Å²) in [6.45, 7) is 9.77. The van der Waals surface area contributed by atoms with Crippen LogP contribution in [0.15, 0.2) is 30.5 Å². The molecule has 2 rings (SSSR count). The normalized spacial score (nSPS) is 11.7. The first-order valence-electron chi connectivity index (χ1n) is 7.39. The molecule has 19 heavy (non-hydrogen) atoms. The largest absolute Gasteiger partial charge is 0.491 e. The van der Waals surface area contributed by atoms with E-state index in [9.17, 15) is 0 Å². The first-order valence-corrected chi connectivity index (χ1v) is 7.39. The molecule has 0 radical (unpaired) electrons. The summed E-state index contributed by atoms with van der Waals surface area (Å²) in [5, 5.41) is 1.27. The molecule has 0 fully saturated rings. The minimum atomic E-state index is 0.226. The Morgan fingerprint density at radius 1 is 1.11 bits per heavy atom. The van der Waals surface area contributed by atoms with Crippen LogP contribution >= 0.6 is 0 Å². The molecular weight excluding hydrogens is 234 g/mol. The topological polar surface area (TPSA) is 14.2 Å². The van der Waals surface area contributed by atoms with Gasteiger partial charge in [-0.2, -0.15) is 0 Å². The number of benzene rings is 1. The molecule has 2 aromatic rings. The van der Waals surface area contributed by atoms with Gasteiger partial charge in [-0.25, -0.2) is 0 Å². The number of nitrogens with zero attached hydrogens (tertiary/aromatic N) is 1. The van der Waals surface area contributed by atoms with Gasteiger partial charge < -0.3 is 9.30 Å². The van der Waals surface area contributed by atoms with E-state index in [4.69, 9.17) is 4.74 Å². The van der Waals surface area contributed by atoms with Crippen molar-refractivity contribution in [1.82, 2.24) is 4.57 Å². The minimum absolute atomic E-state index is 0.226. The molecule has 0 unspecified atom stereocenters. The molecule has 0 N–H and O–H groups in total. The summed E-state index contributed by atoms with van der Waals surface area (Å²) in [7, 11) is 0. The van der Waals surface area contributed by atoms with E-state index >= 15 is 0 Å². The van der Waals surface area contributed by atoms with Gasteiger partial charge >= 0.3 is 0 Å². The molecule has 0 spiro atoms. The fraction of sp³-hybridized carbons (Fsp3) is 0.529. The summed E-state index contributed by atoms with van der Waals surface area (Å²) in [5.41, 5.74) is 1.31. The Bertz CT molecular complexity index is 523. The summed E-state index contributed by atoms with van der Waals surface area (Å²) in [6, 6.07) is 8.57. The molecule has 0 aliphatic carbocycles. The first-order chi connectivity index (χ1) is 9.13. The van der Waals surface area contributed by atoms with E-state index in [-0.39, 0.29) is 6.10 Å². The molecule has 0 atom stereocenters. The quantitative estimate of drug-likeness (QED) is 0.722. The molecule has 1 heterocycles. The van der Waals surface area contributed by atoms with Crippen molar-refractivity contribution in [1.29, 1.82) is 0 Å². The highest BCUT2D eigenvalue weighted by atomic mass is 16.5. The second-order valence-corrected chi connectivity index (χ2v) is 5.54. The van der Waals surface area contributed by atoms with Gasteiger partial charge in [-0.3, -0.25) is 0 Å². The Hall–Kier alpha value is -1.44. The van der Waals surface area contributed by atoms with Crippen LogP contribution in [0, 0.1) is 5.92 Å². The van der Waals surface area contributed by atoms with Gasteiger partial charge in [-0.15, -0.1) is 0 Å². The van der Waals surface area contributed by atoms with E-state index < -0.39 is 0 Å². The highest BCUT2D eigenvalue weighted by Gasteiger charge is 2.08. The zero-order chi connectivity index (χ0) is 13.8. The zero-order valence-corrected chi connectivity index (χ0v) is 12.5. The van der Waals surface area contributed by atoms with E-state index in [1.165, 1.54) is 23.7 Å². The SMILES string of the molecule is CCC(CC)Cn1ccc2cc(OC(C)C)ccc21. The highest BCUT2D eigenvalue weighted by molar-refractivity contribution is 5.81. The summed E-state index contributed by atoms with van der Waals surface area (Å²) in [4.78, 5) is 0. The van der Waals surface area contributed by atoms with Crippen molar-refractivity contribution in [2.75, 3.05) is 0 Å². The average molecular weight is 259 g/mol. The van der Waals surface area contributed by atoms with Crippen LogP contribution in [0.3, 0.4) is 0 Å². The van der Waals surface area contributed by atoms with Gasteiger partial charge in [0.15, 0.2) is 0 Å². The van der Waals surface area contributed by atoms with Crippen molar-refractivity contribution in [3.05, 3.63) is 30.5 Å². The van der Waals surface area contributed by atoms with E-state index in [0.29, 0.717) is 0 Å².